The molecule has 0 aliphatic rings. The van der Waals surface area contributed by atoms with Gasteiger partial charge in [-0.2, -0.15) is 0 Å². The average Bonchev–Trinajstić information content (AvgIpc) is 2.08. The third kappa shape index (κ3) is 3.81. The van der Waals surface area contributed by atoms with Crippen LogP contribution in [0.15, 0.2) is 18.2 Å². The van der Waals surface area contributed by atoms with E-state index in [1.165, 1.54) is 6.07 Å². The standard InChI is InChI=1S/C12H17NO3/c1-8-7-9(5-6-10(8)14)13-11(15)16-12(2,3)4/h5-7,14H,1-4H3,(H,13,15). The Morgan fingerprint density at radius 3 is 2.50 bits per heavy atom. The van der Waals surface area contributed by atoms with E-state index in [-0.39, 0.29) is 5.75 Å². The van der Waals surface area contributed by atoms with Crippen molar-refractivity contribution in [1.82, 2.24) is 0 Å². The molecule has 0 spiro atoms. The molecule has 1 rings (SSSR count). The summed E-state index contributed by atoms with van der Waals surface area (Å²) >= 11 is 0. The summed E-state index contributed by atoms with van der Waals surface area (Å²) in [6, 6.07) is 4.83. The van der Waals surface area contributed by atoms with Crippen LogP contribution in [0, 0.1) is 6.92 Å². The predicted molar refractivity (Wildman–Crippen MR) is 62.7 cm³/mol. The minimum atomic E-state index is -0.518. The van der Waals surface area contributed by atoms with Crippen LogP contribution in [-0.4, -0.2) is 16.8 Å². The van der Waals surface area contributed by atoms with Gasteiger partial charge in [0.05, 0.1) is 0 Å². The van der Waals surface area contributed by atoms with Gasteiger partial charge in [-0.25, -0.2) is 4.79 Å². The van der Waals surface area contributed by atoms with Crippen LogP contribution in [0.5, 0.6) is 5.75 Å². The van der Waals surface area contributed by atoms with Gasteiger partial charge >= 0.3 is 6.09 Å². The molecule has 88 valence electrons. The Balaban J connectivity index is 2.67. The Labute approximate surface area is 95.2 Å². The highest BCUT2D eigenvalue weighted by atomic mass is 16.6. The van der Waals surface area contributed by atoms with Crippen molar-refractivity contribution in [3.05, 3.63) is 23.8 Å². The second-order valence-corrected chi connectivity index (χ2v) is 4.63. The SMILES string of the molecule is Cc1cc(NC(=O)OC(C)(C)C)ccc1O. The topological polar surface area (TPSA) is 58.6 Å². The van der Waals surface area contributed by atoms with Crippen LogP contribution in [0.1, 0.15) is 26.3 Å². The number of phenolic OH excluding ortho intramolecular Hbond substituents is 1. The fraction of sp³-hybridized carbons (Fsp3) is 0.417. The second kappa shape index (κ2) is 4.43. The Morgan fingerprint density at radius 1 is 1.38 bits per heavy atom. The third-order valence-electron chi connectivity index (χ3n) is 1.84. The van der Waals surface area contributed by atoms with Gasteiger partial charge in [-0.15, -0.1) is 0 Å². The van der Waals surface area contributed by atoms with Crippen molar-refractivity contribution < 1.29 is 14.6 Å². The van der Waals surface area contributed by atoms with Crippen LogP contribution < -0.4 is 5.32 Å². The Hall–Kier alpha value is -1.71. The Morgan fingerprint density at radius 2 is 2.00 bits per heavy atom. The number of carbonyl (C=O) groups excluding carboxylic acids is 1. The van der Waals surface area contributed by atoms with Gasteiger partial charge in [0.25, 0.3) is 0 Å². The zero-order valence-electron chi connectivity index (χ0n) is 10.00. The molecule has 0 saturated carbocycles. The smallest absolute Gasteiger partial charge is 0.412 e. The van der Waals surface area contributed by atoms with Gasteiger partial charge in [-0.1, -0.05) is 0 Å². The van der Waals surface area contributed by atoms with Gasteiger partial charge in [0.2, 0.25) is 0 Å². The zero-order valence-corrected chi connectivity index (χ0v) is 10.00. The van der Waals surface area contributed by atoms with Crippen LogP contribution in [0.2, 0.25) is 0 Å². The minimum Gasteiger partial charge on any atom is -0.508 e. The van der Waals surface area contributed by atoms with Crippen molar-refractivity contribution in [1.29, 1.82) is 0 Å². The summed E-state index contributed by atoms with van der Waals surface area (Å²) in [5, 5.41) is 11.9. The van der Waals surface area contributed by atoms with Gasteiger partial charge in [0.1, 0.15) is 11.4 Å². The number of carbonyl (C=O) groups is 1. The third-order valence-corrected chi connectivity index (χ3v) is 1.84. The number of benzene rings is 1. The second-order valence-electron chi connectivity index (χ2n) is 4.63. The Bertz CT molecular complexity index is 394. The monoisotopic (exact) mass is 223 g/mol. The van der Waals surface area contributed by atoms with E-state index in [1.807, 2.05) is 0 Å². The van der Waals surface area contributed by atoms with Crippen LogP contribution >= 0.6 is 0 Å². The summed E-state index contributed by atoms with van der Waals surface area (Å²) in [4.78, 5) is 11.4. The van der Waals surface area contributed by atoms with E-state index in [9.17, 15) is 9.90 Å². The lowest BCUT2D eigenvalue weighted by molar-refractivity contribution is 0.0636. The summed E-state index contributed by atoms with van der Waals surface area (Å²) in [5.41, 5.74) is 0.786. The van der Waals surface area contributed by atoms with Crippen LogP contribution in [0.4, 0.5) is 10.5 Å². The van der Waals surface area contributed by atoms with E-state index in [2.05, 4.69) is 5.32 Å². The molecule has 0 heterocycles. The van der Waals surface area contributed by atoms with Crippen molar-refractivity contribution in [3.8, 4) is 5.75 Å². The van der Waals surface area contributed by atoms with Gasteiger partial charge < -0.3 is 9.84 Å². The van der Waals surface area contributed by atoms with E-state index < -0.39 is 11.7 Å². The number of hydrogen-bond acceptors (Lipinski definition) is 3. The lowest BCUT2D eigenvalue weighted by Gasteiger charge is -2.19. The molecule has 16 heavy (non-hydrogen) atoms. The fourth-order valence-corrected chi connectivity index (χ4v) is 1.15. The molecule has 2 N–H and O–H groups in total. The number of aryl methyl sites for hydroxylation is 1. The molecule has 0 atom stereocenters. The van der Waals surface area contributed by atoms with Crippen molar-refractivity contribution in [3.63, 3.8) is 0 Å². The van der Waals surface area contributed by atoms with Crippen LogP contribution in [0.25, 0.3) is 0 Å². The van der Waals surface area contributed by atoms with Crippen molar-refractivity contribution in [2.75, 3.05) is 5.32 Å². The van der Waals surface area contributed by atoms with E-state index in [1.54, 1.807) is 39.8 Å². The van der Waals surface area contributed by atoms with E-state index in [0.717, 1.165) is 0 Å². The number of anilines is 1. The van der Waals surface area contributed by atoms with Gasteiger partial charge in [0.15, 0.2) is 0 Å². The first-order chi connectivity index (χ1) is 7.28. The van der Waals surface area contributed by atoms with Gasteiger partial charge in [-0.3, -0.25) is 5.32 Å². The fourth-order valence-electron chi connectivity index (χ4n) is 1.15. The van der Waals surface area contributed by atoms with E-state index in [4.69, 9.17) is 4.74 Å². The number of ether oxygens (including phenoxy) is 1. The molecule has 4 heteroatoms. The summed E-state index contributed by atoms with van der Waals surface area (Å²) in [5.74, 6) is 0.203. The maximum atomic E-state index is 11.4. The highest BCUT2D eigenvalue weighted by Gasteiger charge is 2.16. The highest BCUT2D eigenvalue weighted by molar-refractivity contribution is 5.85. The first-order valence-electron chi connectivity index (χ1n) is 5.07. The first kappa shape index (κ1) is 12.4. The maximum Gasteiger partial charge on any atom is 0.412 e. The minimum absolute atomic E-state index is 0.203. The molecule has 0 aliphatic carbocycles. The van der Waals surface area contributed by atoms with Crippen molar-refractivity contribution in [2.24, 2.45) is 0 Å². The largest absolute Gasteiger partial charge is 0.508 e. The molecule has 0 radical (unpaired) electrons. The molecular weight excluding hydrogens is 206 g/mol. The molecule has 0 fully saturated rings. The number of nitrogens with one attached hydrogen (secondary N) is 1. The molecule has 0 aliphatic heterocycles. The number of aromatic hydroxyl groups is 1. The summed E-state index contributed by atoms with van der Waals surface area (Å²) in [7, 11) is 0. The number of phenols is 1. The molecule has 0 unspecified atom stereocenters. The predicted octanol–water partition coefficient (Wildman–Crippen LogP) is 3.05. The molecule has 0 bridgehead atoms. The Kier molecular flexibility index (Phi) is 3.42. The summed E-state index contributed by atoms with van der Waals surface area (Å²) < 4.78 is 5.10. The average molecular weight is 223 g/mol. The first-order valence-corrected chi connectivity index (χ1v) is 5.07. The van der Waals surface area contributed by atoms with E-state index >= 15 is 0 Å². The number of amides is 1. The highest BCUT2D eigenvalue weighted by Crippen LogP contribution is 2.20. The quantitative estimate of drug-likeness (QED) is 0.719. The van der Waals surface area contributed by atoms with Crippen molar-refractivity contribution >= 4 is 11.8 Å². The van der Waals surface area contributed by atoms with E-state index in [0.29, 0.717) is 11.3 Å². The molecule has 0 aromatic heterocycles. The lowest BCUT2D eigenvalue weighted by atomic mass is 10.2. The number of rotatable bonds is 1. The van der Waals surface area contributed by atoms with Crippen LogP contribution in [0.3, 0.4) is 0 Å². The number of hydrogen-bond donors (Lipinski definition) is 2. The molecule has 0 saturated heterocycles. The van der Waals surface area contributed by atoms with Crippen LogP contribution in [-0.2, 0) is 4.74 Å². The zero-order chi connectivity index (χ0) is 12.3. The van der Waals surface area contributed by atoms with Crippen molar-refractivity contribution in [2.45, 2.75) is 33.3 Å². The van der Waals surface area contributed by atoms with Gasteiger partial charge in [0, 0.05) is 5.69 Å². The normalized spacial score (nSPS) is 11.0. The maximum absolute atomic E-state index is 11.4. The summed E-state index contributed by atoms with van der Waals surface area (Å²) in [6.07, 6.45) is -0.502. The summed E-state index contributed by atoms with van der Waals surface area (Å²) in [6.45, 7) is 7.16. The molecule has 1 aromatic carbocycles. The van der Waals surface area contributed by atoms with Gasteiger partial charge in [-0.05, 0) is 51.5 Å². The molecule has 1 aromatic rings. The lowest BCUT2D eigenvalue weighted by Crippen LogP contribution is -2.27. The molecular formula is C12H17NO3. The molecule has 4 nitrogen and oxygen atoms in total. The molecule has 1 amide bonds.